The molecule has 5 nitrogen and oxygen atoms in total. The molecule has 1 amide bonds. The van der Waals surface area contributed by atoms with Gasteiger partial charge in [0.05, 0.1) is 18.2 Å². The van der Waals surface area contributed by atoms with Crippen LogP contribution < -0.4 is 9.64 Å². The molecular formula is C28H26FNO4. The summed E-state index contributed by atoms with van der Waals surface area (Å²) in [5, 5.41) is 11.3. The summed E-state index contributed by atoms with van der Waals surface area (Å²) in [6.45, 7) is 8.03. The van der Waals surface area contributed by atoms with Gasteiger partial charge in [0.1, 0.15) is 17.3 Å². The number of anilines is 1. The number of aliphatic hydroxyl groups excluding tert-OH is 1. The number of benzene rings is 3. The smallest absolute Gasteiger partial charge is 0.300 e. The third-order valence-corrected chi connectivity index (χ3v) is 5.86. The second-order valence-corrected chi connectivity index (χ2v) is 8.48. The molecule has 1 atom stereocenters. The summed E-state index contributed by atoms with van der Waals surface area (Å²) in [6.07, 6.45) is 0. The van der Waals surface area contributed by atoms with E-state index in [1.807, 2.05) is 45.9 Å². The highest BCUT2D eigenvalue weighted by Gasteiger charge is 2.47. The summed E-state index contributed by atoms with van der Waals surface area (Å²) in [6, 6.07) is 15.4. The maximum absolute atomic E-state index is 13.7. The average molecular weight is 460 g/mol. The number of halogens is 1. The van der Waals surface area contributed by atoms with Gasteiger partial charge in [-0.3, -0.25) is 14.5 Å². The number of hydrogen-bond donors (Lipinski definition) is 1. The van der Waals surface area contributed by atoms with Crippen LogP contribution in [0, 0.1) is 26.6 Å². The standard InChI is InChI=1S/C28H26FNO4/c1-5-34-23-11-8-20(15-18(23)4)26(31)24-25(19-6-9-21(29)10-7-19)30(28(33)27(24)32)22-13-16(2)12-17(3)14-22/h6-15,25,31H,5H2,1-4H3/b26-24-. The van der Waals surface area contributed by atoms with Gasteiger partial charge in [0, 0.05) is 11.3 Å². The molecule has 0 aliphatic carbocycles. The highest BCUT2D eigenvalue weighted by Crippen LogP contribution is 2.42. The number of aryl methyl sites for hydroxylation is 3. The van der Waals surface area contributed by atoms with Gasteiger partial charge in [-0.1, -0.05) is 18.2 Å². The zero-order valence-electron chi connectivity index (χ0n) is 19.6. The lowest BCUT2D eigenvalue weighted by Gasteiger charge is -2.26. The molecule has 1 fully saturated rings. The minimum Gasteiger partial charge on any atom is -0.507 e. The fourth-order valence-electron chi connectivity index (χ4n) is 4.42. The average Bonchev–Trinajstić information content (AvgIpc) is 3.05. The first kappa shape index (κ1) is 23.2. The lowest BCUT2D eigenvalue weighted by atomic mass is 9.94. The fourth-order valence-corrected chi connectivity index (χ4v) is 4.42. The molecule has 0 aromatic heterocycles. The Morgan fingerprint density at radius 3 is 2.21 bits per heavy atom. The highest BCUT2D eigenvalue weighted by atomic mass is 19.1. The topological polar surface area (TPSA) is 66.8 Å². The van der Waals surface area contributed by atoms with Crippen LogP contribution in [0.2, 0.25) is 0 Å². The van der Waals surface area contributed by atoms with E-state index < -0.39 is 23.5 Å². The number of carbonyl (C=O) groups is 2. The largest absolute Gasteiger partial charge is 0.507 e. The van der Waals surface area contributed by atoms with Crippen LogP contribution in [-0.4, -0.2) is 23.4 Å². The first-order chi connectivity index (χ1) is 16.2. The van der Waals surface area contributed by atoms with E-state index in [0.29, 0.717) is 29.2 Å². The van der Waals surface area contributed by atoms with Crippen LogP contribution in [0.15, 0.2) is 66.2 Å². The predicted octanol–water partition coefficient (Wildman–Crippen LogP) is 5.78. The maximum Gasteiger partial charge on any atom is 0.300 e. The quantitative estimate of drug-likeness (QED) is 0.299. The molecule has 0 saturated carbocycles. The number of aliphatic hydroxyl groups is 1. The number of Topliss-reactive ketones (excluding diaryl/α,β-unsaturated/α-hetero) is 1. The van der Waals surface area contributed by atoms with Crippen molar-refractivity contribution in [3.05, 3.63) is 99.9 Å². The van der Waals surface area contributed by atoms with E-state index in [2.05, 4.69) is 0 Å². The molecule has 0 bridgehead atoms. The van der Waals surface area contributed by atoms with Gasteiger partial charge in [0.25, 0.3) is 11.7 Å². The molecule has 1 aliphatic heterocycles. The third-order valence-electron chi connectivity index (χ3n) is 5.86. The molecule has 1 unspecified atom stereocenters. The summed E-state index contributed by atoms with van der Waals surface area (Å²) >= 11 is 0. The van der Waals surface area contributed by atoms with Gasteiger partial charge in [-0.2, -0.15) is 0 Å². The zero-order valence-corrected chi connectivity index (χ0v) is 19.6. The Morgan fingerprint density at radius 1 is 0.971 bits per heavy atom. The Balaban J connectivity index is 1.93. The Kier molecular flexibility index (Phi) is 6.24. The molecule has 1 heterocycles. The maximum atomic E-state index is 13.7. The second kappa shape index (κ2) is 9.14. The van der Waals surface area contributed by atoms with Crippen LogP contribution in [0.4, 0.5) is 10.1 Å². The molecule has 1 saturated heterocycles. The van der Waals surface area contributed by atoms with Crippen LogP contribution in [0.3, 0.4) is 0 Å². The second-order valence-electron chi connectivity index (χ2n) is 8.48. The van der Waals surface area contributed by atoms with Crippen LogP contribution >= 0.6 is 0 Å². The van der Waals surface area contributed by atoms with Gasteiger partial charge in [0.2, 0.25) is 0 Å². The van der Waals surface area contributed by atoms with E-state index >= 15 is 0 Å². The monoisotopic (exact) mass is 459 g/mol. The summed E-state index contributed by atoms with van der Waals surface area (Å²) in [7, 11) is 0. The molecule has 174 valence electrons. The van der Waals surface area contributed by atoms with Crippen LogP contribution in [0.25, 0.3) is 5.76 Å². The molecule has 0 radical (unpaired) electrons. The normalized spacial score (nSPS) is 17.3. The molecular weight excluding hydrogens is 433 g/mol. The lowest BCUT2D eigenvalue weighted by molar-refractivity contribution is -0.132. The van der Waals surface area contributed by atoms with Gasteiger partial charge in [-0.05, 0) is 92.4 Å². The van der Waals surface area contributed by atoms with E-state index in [0.717, 1.165) is 16.7 Å². The number of nitrogens with zero attached hydrogens (tertiary/aromatic N) is 1. The number of ketones is 1. The molecule has 0 spiro atoms. The third kappa shape index (κ3) is 4.19. The SMILES string of the molecule is CCOc1ccc(/C(O)=C2/C(=O)C(=O)N(c3cc(C)cc(C)c3)C2c2ccc(F)cc2)cc1C. The van der Waals surface area contributed by atoms with Crippen molar-refractivity contribution in [3.63, 3.8) is 0 Å². The molecule has 4 rings (SSSR count). The van der Waals surface area contributed by atoms with E-state index in [1.54, 1.807) is 18.2 Å². The number of ether oxygens (including phenoxy) is 1. The Labute approximate surface area is 198 Å². The molecule has 3 aromatic carbocycles. The van der Waals surface area contributed by atoms with Crippen molar-refractivity contribution in [1.29, 1.82) is 0 Å². The van der Waals surface area contributed by atoms with Crippen molar-refractivity contribution in [2.45, 2.75) is 33.7 Å². The van der Waals surface area contributed by atoms with E-state index in [9.17, 15) is 19.1 Å². The summed E-state index contributed by atoms with van der Waals surface area (Å²) in [5.41, 5.74) is 4.05. The number of hydrogen-bond acceptors (Lipinski definition) is 4. The van der Waals surface area contributed by atoms with Crippen molar-refractivity contribution in [1.82, 2.24) is 0 Å². The van der Waals surface area contributed by atoms with Gasteiger partial charge in [-0.25, -0.2) is 4.39 Å². The Morgan fingerprint density at radius 2 is 1.62 bits per heavy atom. The van der Waals surface area contributed by atoms with Crippen LogP contribution in [0.1, 0.15) is 40.8 Å². The Hall–Kier alpha value is -3.93. The van der Waals surface area contributed by atoms with Crippen LogP contribution in [0.5, 0.6) is 5.75 Å². The van der Waals surface area contributed by atoms with Crippen LogP contribution in [-0.2, 0) is 9.59 Å². The van der Waals surface area contributed by atoms with Crippen molar-refractivity contribution in [3.8, 4) is 5.75 Å². The molecule has 1 N–H and O–H groups in total. The van der Waals surface area contributed by atoms with Gasteiger partial charge in [0.15, 0.2) is 0 Å². The number of amides is 1. The first-order valence-electron chi connectivity index (χ1n) is 11.1. The molecule has 6 heteroatoms. The highest BCUT2D eigenvalue weighted by molar-refractivity contribution is 6.51. The lowest BCUT2D eigenvalue weighted by Crippen LogP contribution is -2.29. The number of carbonyl (C=O) groups excluding carboxylic acids is 2. The minimum absolute atomic E-state index is 0.0423. The van der Waals surface area contributed by atoms with Gasteiger partial charge < -0.3 is 9.84 Å². The van der Waals surface area contributed by atoms with Gasteiger partial charge >= 0.3 is 0 Å². The molecule has 34 heavy (non-hydrogen) atoms. The zero-order chi connectivity index (χ0) is 24.6. The fraction of sp³-hybridized carbons (Fsp3) is 0.214. The predicted molar refractivity (Wildman–Crippen MR) is 129 cm³/mol. The van der Waals surface area contributed by atoms with Crippen molar-refractivity contribution >= 4 is 23.1 Å². The summed E-state index contributed by atoms with van der Waals surface area (Å²) < 4.78 is 19.3. The van der Waals surface area contributed by atoms with E-state index in [-0.39, 0.29) is 11.3 Å². The number of rotatable bonds is 5. The van der Waals surface area contributed by atoms with Gasteiger partial charge in [-0.15, -0.1) is 0 Å². The van der Waals surface area contributed by atoms with E-state index in [4.69, 9.17) is 4.74 Å². The first-order valence-corrected chi connectivity index (χ1v) is 11.1. The summed E-state index contributed by atoms with van der Waals surface area (Å²) in [4.78, 5) is 27.9. The van der Waals surface area contributed by atoms with Crippen molar-refractivity contribution in [2.75, 3.05) is 11.5 Å². The molecule has 1 aliphatic rings. The Bertz CT molecular complexity index is 1290. The summed E-state index contributed by atoms with van der Waals surface area (Å²) in [5.74, 6) is -1.59. The van der Waals surface area contributed by atoms with E-state index in [1.165, 1.54) is 29.2 Å². The van der Waals surface area contributed by atoms with Crippen molar-refractivity contribution < 1.29 is 23.8 Å². The van der Waals surface area contributed by atoms with Crippen molar-refractivity contribution in [2.24, 2.45) is 0 Å². The minimum atomic E-state index is -0.909. The molecule has 3 aromatic rings.